The van der Waals surface area contributed by atoms with Gasteiger partial charge in [0.05, 0.1) is 6.61 Å². The normalized spacial score (nSPS) is 28.9. The Hall–Kier alpha value is -1.54. The van der Waals surface area contributed by atoms with E-state index in [1.54, 1.807) is 0 Å². The monoisotopic (exact) mass is 281 g/mol. The third-order valence-corrected chi connectivity index (χ3v) is 5.51. The minimum atomic E-state index is 0.688. The van der Waals surface area contributed by atoms with Gasteiger partial charge in [-0.15, -0.1) is 0 Å². The van der Waals surface area contributed by atoms with Gasteiger partial charge in [0, 0.05) is 23.4 Å². The van der Waals surface area contributed by atoms with E-state index in [1.165, 1.54) is 36.5 Å². The Morgan fingerprint density at radius 3 is 2.76 bits per heavy atom. The Morgan fingerprint density at radius 2 is 1.81 bits per heavy atom. The molecule has 0 spiro atoms. The minimum Gasteiger partial charge on any atom is -0.493 e. The van der Waals surface area contributed by atoms with Crippen LogP contribution in [0, 0.1) is 5.92 Å². The van der Waals surface area contributed by atoms with Crippen molar-refractivity contribution in [3.05, 3.63) is 42.5 Å². The molecule has 110 valence electrons. The lowest BCUT2D eigenvalue weighted by atomic mass is 9.91. The number of ether oxygens (including phenoxy) is 1. The highest BCUT2D eigenvalue weighted by Crippen LogP contribution is 2.38. The van der Waals surface area contributed by atoms with Gasteiger partial charge in [-0.1, -0.05) is 36.4 Å². The van der Waals surface area contributed by atoms with Gasteiger partial charge in [-0.2, -0.15) is 0 Å². The van der Waals surface area contributed by atoms with Crippen LogP contribution in [0.1, 0.15) is 25.7 Å². The zero-order valence-electron chi connectivity index (χ0n) is 12.7. The van der Waals surface area contributed by atoms with Gasteiger partial charge in [-0.05, 0) is 44.2 Å². The molecule has 2 bridgehead atoms. The molecule has 0 saturated carbocycles. The minimum absolute atomic E-state index is 0.688. The van der Waals surface area contributed by atoms with E-state index < -0.39 is 0 Å². The molecular formula is C19H23NO. The molecule has 0 radical (unpaired) electrons. The van der Waals surface area contributed by atoms with Crippen LogP contribution in [-0.4, -0.2) is 30.6 Å². The van der Waals surface area contributed by atoms with Crippen molar-refractivity contribution < 1.29 is 4.74 Å². The predicted molar refractivity (Wildman–Crippen MR) is 86.7 cm³/mol. The largest absolute Gasteiger partial charge is 0.493 e. The number of benzene rings is 2. The number of piperidine rings is 1. The third kappa shape index (κ3) is 2.32. The zero-order valence-corrected chi connectivity index (χ0v) is 12.7. The fraction of sp³-hybridized carbons (Fsp3) is 0.474. The molecule has 4 rings (SSSR count). The Balaban J connectivity index is 1.51. The molecule has 2 saturated heterocycles. The molecule has 2 nitrogen and oxygen atoms in total. The lowest BCUT2D eigenvalue weighted by Gasteiger charge is -2.37. The molecule has 2 heterocycles. The van der Waals surface area contributed by atoms with Crippen molar-refractivity contribution in [3.8, 4) is 5.75 Å². The average molecular weight is 281 g/mol. The van der Waals surface area contributed by atoms with Crippen molar-refractivity contribution in [1.82, 2.24) is 4.90 Å². The summed E-state index contributed by atoms with van der Waals surface area (Å²) in [7, 11) is 2.30. The summed E-state index contributed by atoms with van der Waals surface area (Å²) in [5, 5.41) is 2.49. The number of hydrogen-bond acceptors (Lipinski definition) is 2. The van der Waals surface area contributed by atoms with Gasteiger partial charge in [0.1, 0.15) is 5.75 Å². The van der Waals surface area contributed by atoms with Crippen molar-refractivity contribution in [2.24, 2.45) is 5.92 Å². The van der Waals surface area contributed by atoms with Crippen LogP contribution in [-0.2, 0) is 0 Å². The first-order valence-electron chi connectivity index (χ1n) is 8.15. The van der Waals surface area contributed by atoms with Crippen molar-refractivity contribution in [2.75, 3.05) is 13.7 Å². The topological polar surface area (TPSA) is 12.5 Å². The van der Waals surface area contributed by atoms with E-state index in [0.717, 1.165) is 24.4 Å². The van der Waals surface area contributed by atoms with Crippen LogP contribution < -0.4 is 4.74 Å². The molecule has 21 heavy (non-hydrogen) atoms. The van der Waals surface area contributed by atoms with Gasteiger partial charge >= 0.3 is 0 Å². The van der Waals surface area contributed by atoms with Crippen LogP contribution in [0.2, 0.25) is 0 Å². The molecule has 0 amide bonds. The number of nitrogens with zero attached hydrogens (tertiary/aromatic N) is 1. The fourth-order valence-corrected chi connectivity index (χ4v) is 4.27. The molecule has 2 aliphatic heterocycles. The lowest BCUT2D eigenvalue weighted by Crippen LogP contribution is -2.43. The lowest BCUT2D eigenvalue weighted by molar-refractivity contribution is 0.0858. The summed E-state index contributed by atoms with van der Waals surface area (Å²) in [5.41, 5.74) is 0. The molecule has 0 N–H and O–H groups in total. The van der Waals surface area contributed by atoms with Gasteiger partial charge in [-0.25, -0.2) is 0 Å². The summed E-state index contributed by atoms with van der Waals surface area (Å²) in [6, 6.07) is 16.4. The molecule has 3 atom stereocenters. The Bertz CT molecular complexity index is 633. The van der Waals surface area contributed by atoms with Crippen molar-refractivity contribution in [1.29, 1.82) is 0 Å². The van der Waals surface area contributed by atoms with Gasteiger partial charge < -0.3 is 9.64 Å². The quantitative estimate of drug-likeness (QED) is 0.840. The maximum absolute atomic E-state index is 6.23. The molecule has 2 aliphatic rings. The van der Waals surface area contributed by atoms with E-state index in [-0.39, 0.29) is 0 Å². The standard InChI is InChI=1S/C19H23NO/c1-20-16-10-9-15(18(20)12-11-16)13-21-19-8-4-6-14-5-2-3-7-17(14)19/h2-8,15-16,18H,9-13H2,1H3/t15-,16?,18?/m1/s1. The van der Waals surface area contributed by atoms with E-state index >= 15 is 0 Å². The highest BCUT2D eigenvalue weighted by molar-refractivity contribution is 5.88. The average Bonchev–Trinajstić information content (AvgIpc) is 2.76. The van der Waals surface area contributed by atoms with E-state index in [9.17, 15) is 0 Å². The number of hydrogen-bond donors (Lipinski definition) is 0. The van der Waals surface area contributed by atoms with Gasteiger partial charge in [0.2, 0.25) is 0 Å². The van der Waals surface area contributed by atoms with E-state index in [2.05, 4.69) is 54.4 Å². The van der Waals surface area contributed by atoms with Gasteiger partial charge in [-0.3, -0.25) is 0 Å². The zero-order chi connectivity index (χ0) is 14.2. The van der Waals surface area contributed by atoms with Crippen molar-refractivity contribution in [2.45, 2.75) is 37.8 Å². The Labute approximate surface area is 126 Å². The van der Waals surface area contributed by atoms with E-state index in [1.807, 2.05) is 0 Å². The second-order valence-corrected chi connectivity index (χ2v) is 6.59. The molecule has 2 aromatic rings. The smallest absolute Gasteiger partial charge is 0.127 e. The van der Waals surface area contributed by atoms with Crippen LogP contribution in [0.25, 0.3) is 10.8 Å². The highest BCUT2D eigenvalue weighted by atomic mass is 16.5. The van der Waals surface area contributed by atoms with Crippen LogP contribution in [0.5, 0.6) is 5.75 Å². The first kappa shape index (κ1) is 13.1. The predicted octanol–water partition coefficient (Wildman–Crippen LogP) is 4.09. The number of fused-ring (bicyclic) bond motifs is 3. The summed E-state index contributed by atoms with van der Waals surface area (Å²) in [6.45, 7) is 0.857. The van der Waals surface area contributed by atoms with Crippen molar-refractivity contribution >= 4 is 10.8 Å². The fourth-order valence-electron chi connectivity index (χ4n) is 4.27. The van der Waals surface area contributed by atoms with E-state index in [0.29, 0.717) is 5.92 Å². The molecule has 2 aromatic carbocycles. The van der Waals surface area contributed by atoms with Crippen LogP contribution in [0.15, 0.2) is 42.5 Å². The summed E-state index contributed by atoms with van der Waals surface area (Å²) in [4.78, 5) is 2.60. The first-order chi connectivity index (χ1) is 10.3. The van der Waals surface area contributed by atoms with Crippen LogP contribution in [0.3, 0.4) is 0 Å². The van der Waals surface area contributed by atoms with Gasteiger partial charge in [0.15, 0.2) is 0 Å². The van der Waals surface area contributed by atoms with Crippen molar-refractivity contribution in [3.63, 3.8) is 0 Å². The second kappa shape index (κ2) is 5.34. The van der Waals surface area contributed by atoms with E-state index in [4.69, 9.17) is 4.74 Å². The summed E-state index contributed by atoms with van der Waals surface area (Å²) in [5.74, 6) is 1.73. The second-order valence-electron chi connectivity index (χ2n) is 6.59. The Kier molecular flexibility index (Phi) is 3.34. The van der Waals surface area contributed by atoms with Gasteiger partial charge in [0.25, 0.3) is 0 Å². The molecule has 0 aromatic heterocycles. The van der Waals surface area contributed by atoms with Crippen LogP contribution in [0.4, 0.5) is 0 Å². The molecule has 2 heteroatoms. The SMILES string of the molecule is CN1C2CCC1[C@@H](COc1cccc3ccccc13)CC2. The highest BCUT2D eigenvalue weighted by Gasteiger charge is 2.40. The molecular weight excluding hydrogens is 258 g/mol. The summed E-state index contributed by atoms with van der Waals surface area (Å²) >= 11 is 0. The molecule has 2 unspecified atom stereocenters. The first-order valence-corrected chi connectivity index (χ1v) is 8.15. The maximum Gasteiger partial charge on any atom is 0.127 e. The number of rotatable bonds is 3. The summed E-state index contributed by atoms with van der Waals surface area (Å²) in [6.07, 6.45) is 5.40. The molecule has 2 fully saturated rings. The molecule has 0 aliphatic carbocycles. The van der Waals surface area contributed by atoms with Crippen LogP contribution >= 0.6 is 0 Å². The summed E-state index contributed by atoms with van der Waals surface area (Å²) < 4.78 is 6.23. The Morgan fingerprint density at radius 1 is 1.00 bits per heavy atom. The third-order valence-electron chi connectivity index (χ3n) is 5.51. The maximum atomic E-state index is 6.23.